The van der Waals surface area contributed by atoms with E-state index in [1.54, 1.807) is 12.4 Å². The number of hydrogen-bond acceptors (Lipinski definition) is 5. The van der Waals surface area contributed by atoms with Crippen molar-refractivity contribution >= 4 is 5.91 Å². The summed E-state index contributed by atoms with van der Waals surface area (Å²) in [7, 11) is 2.17. The van der Waals surface area contributed by atoms with E-state index in [4.69, 9.17) is 0 Å². The Labute approximate surface area is 137 Å². The van der Waals surface area contributed by atoms with Crippen molar-refractivity contribution in [1.82, 2.24) is 24.7 Å². The third-order valence-electron chi connectivity index (χ3n) is 5.07. The Hall–Kier alpha value is -1.44. The minimum atomic E-state index is -0.840. The molecule has 0 spiro atoms. The Balaban J connectivity index is 1.44. The van der Waals surface area contributed by atoms with E-state index < -0.39 is 6.10 Å². The molecule has 2 aliphatic rings. The highest BCUT2D eigenvalue weighted by Crippen LogP contribution is 2.20. The van der Waals surface area contributed by atoms with Crippen LogP contribution in [0.1, 0.15) is 31.2 Å². The van der Waals surface area contributed by atoms with Gasteiger partial charge in [0.15, 0.2) is 0 Å². The van der Waals surface area contributed by atoms with Crippen LogP contribution < -0.4 is 0 Å². The van der Waals surface area contributed by atoms with Crippen molar-refractivity contribution in [3.05, 3.63) is 18.2 Å². The number of aliphatic hydroxyl groups is 1. The molecule has 23 heavy (non-hydrogen) atoms. The van der Waals surface area contributed by atoms with Crippen LogP contribution in [0.4, 0.5) is 0 Å². The zero-order valence-corrected chi connectivity index (χ0v) is 13.8. The number of nitrogens with one attached hydrogen (secondary N) is 1. The van der Waals surface area contributed by atoms with Gasteiger partial charge in [-0.2, -0.15) is 0 Å². The summed E-state index contributed by atoms with van der Waals surface area (Å²) in [5, 5.41) is 10.0. The van der Waals surface area contributed by atoms with Crippen molar-refractivity contribution in [2.24, 2.45) is 0 Å². The van der Waals surface area contributed by atoms with E-state index >= 15 is 0 Å². The van der Waals surface area contributed by atoms with Crippen molar-refractivity contribution in [3.63, 3.8) is 0 Å². The standard InChI is InChI=1S/C16H27N5O2/c1-19-8-10-20(11-9-19)13-2-6-21(7-3-13)15(23)12-14(22)16-17-4-5-18-16/h4-5,13-14,22H,2-3,6-12H2,1H3,(H,17,18). The third-order valence-corrected chi connectivity index (χ3v) is 5.07. The molecule has 3 rings (SSSR count). The van der Waals surface area contributed by atoms with Crippen LogP contribution in [-0.4, -0.2) is 88.0 Å². The number of carbonyl (C=O) groups excluding carboxylic acids is 1. The molecule has 0 saturated carbocycles. The number of H-pyrrole nitrogens is 1. The molecule has 0 bridgehead atoms. The van der Waals surface area contributed by atoms with Crippen molar-refractivity contribution in [3.8, 4) is 0 Å². The molecule has 1 unspecified atom stereocenters. The lowest BCUT2D eigenvalue weighted by molar-refractivity contribution is -0.135. The van der Waals surface area contributed by atoms with Crippen molar-refractivity contribution in [1.29, 1.82) is 0 Å². The highest BCUT2D eigenvalue weighted by Gasteiger charge is 2.29. The largest absolute Gasteiger partial charge is 0.385 e. The summed E-state index contributed by atoms with van der Waals surface area (Å²) in [4.78, 5) is 26.0. The van der Waals surface area contributed by atoms with Crippen LogP contribution in [0.25, 0.3) is 0 Å². The van der Waals surface area contributed by atoms with Gasteiger partial charge in [0.25, 0.3) is 0 Å². The van der Waals surface area contributed by atoms with E-state index in [2.05, 4.69) is 26.8 Å². The van der Waals surface area contributed by atoms with Crippen molar-refractivity contribution < 1.29 is 9.90 Å². The Morgan fingerprint density at radius 2 is 2.00 bits per heavy atom. The van der Waals surface area contributed by atoms with Gasteiger partial charge in [-0.15, -0.1) is 0 Å². The van der Waals surface area contributed by atoms with Crippen molar-refractivity contribution in [2.75, 3.05) is 46.3 Å². The molecule has 2 fully saturated rings. The SMILES string of the molecule is CN1CCN(C2CCN(C(=O)CC(O)c3ncc[nH]3)CC2)CC1. The molecular formula is C16H27N5O2. The lowest BCUT2D eigenvalue weighted by atomic mass is 10.0. The number of likely N-dealkylation sites (tertiary alicyclic amines) is 1. The van der Waals surface area contributed by atoms with E-state index in [1.165, 1.54) is 0 Å². The van der Waals surface area contributed by atoms with Gasteiger partial charge in [0.1, 0.15) is 11.9 Å². The van der Waals surface area contributed by atoms with E-state index in [0.717, 1.165) is 52.1 Å². The molecule has 1 amide bonds. The van der Waals surface area contributed by atoms with Crippen LogP contribution in [-0.2, 0) is 4.79 Å². The molecular weight excluding hydrogens is 294 g/mol. The summed E-state index contributed by atoms with van der Waals surface area (Å²) in [6.45, 7) is 6.11. The van der Waals surface area contributed by atoms with Gasteiger partial charge in [-0.3, -0.25) is 9.69 Å². The smallest absolute Gasteiger partial charge is 0.225 e. The number of nitrogens with zero attached hydrogens (tertiary/aromatic N) is 4. The van der Waals surface area contributed by atoms with Crippen molar-refractivity contribution in [2.45, 2.75) is 31.4 Å². The van der Waals surface area contributed by atoms with Gasteiger partial charge in [-0.05, 0) is 19.9 Å². The molecule has 1 aromatic rings. The molecule has 7 nitrogen and oxygen atoms in total. The average Bonchev–Trinajstić information content (AvgIpc) is 3.10. The summed E-state index contributed by atoms with van der Waals surface area (Å²) in [6, 6.07) is 0.600. The second-order valence-corrected chi connectivity index (χ2v) is 6.65. The minimum Gasteiger partial charge on any atom is -0.385 e. The van der Waals surface area contributed by atoms with Gasteiger partial charge >= 0.3 is 0 Å². The number of hydrogen-bond donors (Lipinski definition) is 2. The van der Waals surface area contributed by atoms with Crippen LogP contribution in [0, 0.1) is 0 Å². The van der Waals surface area contributed by atoms with Gasteiger partial charge in [0.05, 0.1) is 6.42 Å². The lowest BCUT2D eigenvalue weighted by Crippen LogP contribution is -2.53. The number of imidazole rings is 1. The van der Waals surface area contributed by atoms with Crippen LogP contribution in [0.5, 0.6) is 0 Å². The summed E-state index contributed by atoms with van der Waals surface area (Å²) in [6.07, 6.45) is 4.58. The number of aromatic amines is 1. The Morgan fingerprint density at radius 1 is 1.30 bits per heavy atom. The fourth-order valence-electron chi connectivity index (χ4n) is 3.52. The molecule has 1 aromatic heterocycles. The number of rotatable bonds is 4. The Kier molecular flexibility index (Phi) is 5.30. The number of carbonyl (C=O) groups is 1. The molecule has 3 heterocycles. The Morgan fingerprint density at radius 3 is 2.61 bits per heavy atom. The predicted octanol–water partition coefficient (Wildman–Crippen LogP) is 0.0716. The number of aliphatic hydroxyl groups excluding tert-OH is 1. The van der Waals surface area contributed by atoms with E-state index in [1.807, 2.05) is 4.90 Å². The van der Waals surface area contributed by atoms with Gasteiger partial charge in [0.2, 0.25) is 5.91 Å². The molecule has 0 radical (unpaired) electrons. The summed E-state index contributed by atoms with van der Waals surface area (Å²) < 4.78 is 0. The zero-order valence-electron chi connectivity index (χ0n) is 13.8. The first-order valence-electron chi connectivity index (χ1n) is 8.51. The fraction of sp³-hybridized carbons (Fsp3) is 0.750. The lowest BCUT2D eigenvalue weighted by Gasteiger charge is -2.42. The van der Waals surface area contributed by atoms with Crippen LogP contribution in [0.2, 0.25) is 0 Å². The van der Waals surface area contributed by atoms with E-state index in [9.17, 15) is 9.90 Å². The summed E-state index contributed by atoms with van der Waals surface area (Å²) in [5.41, 5.74) is 0. The van der Waals surface area contributed by atoms with Gasteiger partial charge in [-0.1, -0.05) is 0 Å². The topological polar surface area (TPSA) is 75.7 Å². The average molecular weight is 321 g/mol. The Bertz CT molecular complexity index is 491. The maximum absolute atomic E-state index is 12.3. The number of piperazine rings is 1. The van der Waals surface area contributed by atoms with E-state index in [0.29, 0.717) is 11.9 Å². The molecule has 2 saturated heterocycles. The maximum atomic E-state index is 12.3. The number of aromatic nitrogens is 2. The summed E-state index contributed by atoms with van der Waals surface area (Å²) in [5.74, 6) is 0.483. The highest BCUT2D eigenvalue weighted by molar-refractivity contribution is 5.76. The molecule has 7 heteroatoms. The maximum Gasteiger partial charge on any atom is 0.225 e. The first kappa shape index (κ1) is 16.4. The second-order valence-electron chi connectivity index (χ2n) is 6.65. The second kappa shape index (κ2) is 7.42. The van der Waals surface area contributed by atoms with Crippen LogP contribution in [0.3, 0.4) is 0 Å². The van der Waals surface area contributed by atoms with Gasteiger partial charge in [0, 0.05) is 57.7 Å². The highest BCUT2D eigenvalue weighted by atomic mass is 16.3. The molecule has 0 aliphatic carbocycles. The minimum absolute atomic E-state index is 0.0192. The number of likely N-dealkylation sites (N-methyl/N-ethyl adjacent to an activating group) is 1. The van der Waals surface area contributed by atoms with Crippen LogP contribution in [0.15, 0.2) is 12.4 Å². The molecule has 2 N–H and O–H groups in total. The van der Waals surface area contributed by atoms with Crippen LogP contribution >= 0.6 is 0 Å². The predicted molar refractivity (Wildman–Crippen MR) is 86.8 cm³/mol. The monoisotopic (exact) mass is 321 g/mol. The normalized spacial score (nSPS) is 23.1. The van der Waals surface area contributed by atoms with E-state index in [-0.39, 0.29) is 12.3 Å². The fourth-order valence-corrected chi connectivity index (χ4v) is 3.52. The zero-order chi connectivity index (χ0) is 16.2. The third kappa shape index (κ3) is 4.10. The van der Waals surface area contributed by atoms with Gasteiger partial charge in [-0.25, -0.2) is 4.98 Å². The quantitative estimate of drug-likeness (QED) is 0.821. The molecule has 0 aromatic carbocycles. The number of piperidine rings is 1. The number of amides is 1. The summed E-state index contributed by atoms with van der Waals surface area (Å²) >= 11 is 0. The molecule has 128 valence electrons. The molecule has 1 atom stereocenters. The first-order valence-corrected chi connectivity index (χ1v) is 8.51. The first-order chi connectivity index (χ1) is 11.1. The molecule has 2 aliphatic heterocycles. The van der Waals surface area contributed by atoms with Gasteiger partial charge < -0.3 is 19.9 Å².